The lowest BCUT2D eigenvalue weighted by molar-refractivity contribution is -0.118. The summed E-state index contributed by atoms with van der Waals surface area (Å²) in [7, 11) is 0. The lowest BCUT2D eigenvalue weighted by Crippen LogP contribution is -2.26. The number of carbonyl (C=O) groups is 1. The summed E-state index contributed by atoms with van der Waals surface area (Å²) in [5.74, 6) is 0.196. The molecule has 0 bridgehead atoms. The van der Waals surface area contributed by atoms with Crippen molar-refractivity contribution in [1.29, 1.82) is 0 Å². The second kappa shape index (κ2) is 7.02. The standard InChI is InChI=1S/C18H22N2O/c1-4-13(2)17(15-8-6-5-7-9-15)18(21)20-16-10-11-19-14(3)12-16/h5-13,17H,4H2,1-3H3,(H,19,20,21). The molecule has 1 aromatic heterocycles. The minimum atomic E-state index is -0.135. The topological polar surface area (TPSA) is 42.0 Å². The molecule has 0 aliphatic heterocycles. The Morgan fingerprint density at radius 2 is 1.95 bits per heavy atom. The smallest absolute Gasteiger partial charge is 0.232 e. The van der Waals surface area contributed by atoms with E-state index in [1.807, 2.05) is 49.4 Å². The summed E-state index contributed by atoms with van der Waals surface area (Å²) < 4.78 is 0. The van der Waals surface area contributed by atoms with Gasteiger partial charge in [0.1, 0.15) is 0 Å². The molecule has 21 heavy (non-hydrogen) atoms. The molecule has 1 aromatic carbocycles. The van der Waals surface area contributed by atoms with Crippen molar-refractivity contribution in [3.8, 4) is 0 Å². The molecule has 2 unspecified atom stereocenters. The number of nitrogens with one attached hydrogen (secondary N) is 1. The summed E-state index contributed by atoms with van der Waals surface area (Å²) >= 11 is 0. The zero-order valence-electron chi connectivity index (χ0n) is 12.8. The average Bonchev–Trinajstić information content (AvgIpc) is 2.48. The van der Waals surface area contributed by atoms with Crippen LogP contribution < -0.4 is 5.32 Å². The summed E-state index contributed by atoms with van der Waals surface area (Å²) in [4.78, 5) is 16.8. The van der Waals surface area contributed by atoms with Crippen LogP contribution in [-0.2, 0) is 4.79 Å². The zero-order chi connectivity index (χ0) is 15.2. The number of hydrogen-bond acceptors (Lipinski definition) is 2. The number of amides is 1. The number of carbonyl (C=O) groups excluding carboxylic acids is 1. The SMILES string of the molecule is CCC(C)C(C(=O)Nc1ccnc(C)c1)c1ccccc1. The van der Waals surface area contributed by atoms with E-state index in [1.54, 1.807) is 6.20 Å². The van der Waals surface area contributed by atoms with Crippen molar-refractivity contribution in [2.24, 2.45) is 5.92 Å². The molecule has 110 valence electrons. The minimum Gasteiger partial charge on any atom is -0.325 e. The first-order valence-corrected chi connectivity index (χ1v) is 7.40. The molecular weight excluding hydrogens is 260 g/mol. The molecule has 0 saturated heterocycles. The average molecular weight is 282 g/mol. The normalized spacial score (nSPS) is 13.5. The third kappa shape index (κ3) is 3.91. The molecule has 1 heterocycles. The fourth-order valence-electron chi connectivity index (χ4n) is 2.48. The van der Waals surface area contributed by atoms with Crippen LogP contribution in [0.3, 0.4) is 0 Å². The summed E-state index contributed by atoms with van der Waals surface area (Å²) in [6.45, 7) is 6.15. The van der Waals surface area contributed by atoms with E-state index < -0.39 is 0 Å². The summed E-state index contributed by atoms with van der Waals surface area (Å²) in [6, 6.07) is 13.7. The Labute approximate surface area is 126 Å². The van der Waals surface area contributed by atoms with Crippen molar-refractivity contribution in [3.05, 3.63) is 59.9 Å². The maximum atomic E-state index is 12.7. The summed E-state index contributed by atoms with van der Waals surface area (Å²) in [6.07, 6.45) is 2.67. The Morgan fingerprint density at radius 1 is 1.24 bits per heavy atom. The van der Waals surface area contributed by atoms with Crippen molar-refractivity contribution in [2.45, 2.75) is 33.1 Å². The van der Waals surface area contributed by atoms with Crippen LogP contribution in [0.15, 0.2) is 48.7 Å². The number of benzene rings is 1. The molecule has 0 spiro atoms. The van der Waals surface area contributed by atoms with Crippen LogP contribution in [-0.4, -0.2) is 10.9 Å². The predicted octanol–water partition coefficient (Wildman–Crippen LogP) is 4.16. The molecule has 0 aliphatic carbocycles. The highest BCUT2D eigenvalue weighted by atomic mass is 16.1. The van der Waals surface area contributed by atoms with Crippen molar-refractivity contribution in [3.63, 3.8) is 0 Å². The Hall–Kier alpha value is -2.16. The van der Waals surface area contributed by atoms with Crippen LogP contribution in [0, 0.1) is 12.8 Å². The number of rotatable bonds is 5. The third-order valence-corrected chi connectivity index (χ3v) is 3.82. The van der Waals surface area contributed by atoms with Crippen LogP contribution >= 0.6 is 0 Å². The molecule has 1 amide bonds. The molecule has 3 heteroatoms. The molecule has 0 aliphatic rings. The van der Waals surface area contributed by atoms with Gasteiger partial charge in [-0.05, 0) is 30.5 Å². The Morgan fingerprint density at radius 3 is 2.57 bits per heavy atom. The highest BCUT2D eigenvalue weighted by molar-refractivity contribution is 5.96. The van der Waals surface area contributed by atoms with Gasteiger partial charge in [0.25, 0.3) is 0 Å². The fraction of sp³-hybridized carbons (Fsp3) is 0.333. The van der Waals surface area contributed by atoms with Gasteiger partial charge in [0, 0.05) is 17.6 Å². The largest absolute Gasteiger partial charge is 0.325 e. The van der Waals surface area contributed by atoms with Gasteiger partial charge in [-0.2, -0.15) is 0 Å². The number of pyridine rings is 1. The number of aryl methyl sites for hydroxylation is 1. The van der Waals surface area contributed by atoms with Gasteiger partial charge in [0.15, 0.2) is 0 Å². The van der Waals surface area contributed by atoms with Crippen LogP contribution in [0.5, 0.6) is 0 Å². The highest BCUT2D eigenvalue weighted by Gasteiger charge is 2.25. The lowest BCUT2D eigenvalue weighted by atomic mass is 9.85. The van der Waals surface area contributed by atoms with Gasteiger partial charge < -0.3 is 5.32 Å². The number of hydrogen-bond donors (Lipinski definition) is 1. The zero-order valence-corrected chi connectivity index (χ0v) is 12.8. The van der Waals surface area contributed by atoms with Gasteiger partial charge >= 0.3 is 0 Å². The molecule has 0 saturated carbocycles. The third-order valence-electron chi connectivity index (χ3n) is 3.82. The number of nitrogens with zero attached hydrogens (tertiary/aromatic N) is 1. The minimum absolute atomic E-state index is 0.0427. The van der Waals surface area contributed by atoms with E-state index in [-0.39, 0.29) is 17.7 Å². The van der Waals surface area contributed by atoms with E-state index >= 15 is 0 Å². The number of anilines is 1. The van der Waals surface area contributed by atoms with Crippen LogP contribution in [0.1, 0.15) is 37.4 Å². The molecule has 2 atom stereocenters. The van der Waals surface area contributed by atoms with Gasteiger partial charge in [-0.25, -0.2) is 0 Å². The van der Waals surface area contributed by atoms with Crippen molar-refractivity contribution in [2.75, 3.05) is 5.32 Å². The van der Waals surface area contributed by atoms with Crippen molar-refractivity contribution in [1.82, 2.24) is 4.98 Å². The van der Waals surface area contributed by atoms with Crippen LogP contribution in [0.25, 0.3) is 0 Å². The number of aromatic nitrogens is 1. The van der Waals surface area contributed by atoms with E-state index in [1.165, 1.54) is 0 Å². The fourth-order valence-corrected chi connectivity index (χ4v) is 2.48. The second-order valence-electron chi connectivity index (χ2n) is 5.45. The van der Waals surface area contributed by atoms with Crippen molar-refractivity contribution >= 4 is 11.6 Å². The van der Waals surface area contributed by atoms with Gasteiger partial charge in [0.2, 0.25) is 5.91 Å². The summed E-state index contributed by atoms with van der Waals surface area (Å²) in [5, 5.41) is 3.02. The lowest BCUT2D eigenvalue weighted by Gasteiger charge is -2.22. The van der Waals surface area contributed by atoms with Gasteiger partial charge in [-0.1, -0.05) is 50.6 Å². The molecule has 3 nitrogen and oxygen atoms in total. The summed E-state index contributed by atoms with van der Waals surface area (Å²) in [5.41, 5.74) is 2.76. The van der Waals surface area contributed by atoms with Gasteiger partial charge in [0.05, 0.1) is 5.92 Å². The monoisotopic (exact) mass is 282 g/mol. The first-order chi connectivity index (χ1) is 10.1. The first-order valence-electron chi connectivity index (χ1n) is 7.40. The van der Waals surface area contributed by atoms with Crippen LogP contribution in [0.2, 0.25) is 0 Å². The van der Waals surface area contributed by atoms with Crippen LogP contribution in [0.4, 0.5) is 5.69 Å². The van der Waals surface area contributed by atoms with E-state index in [9.17, 15) is 4.79 Å². The molecule has 2 rings (SSSR count). The highest BCUT2D eigenvalue weighted by Crippen LogP contribution is 2.28. The van der Waals surface area contributed by atoms with Crippen molar-refractivity contribution < 1.29 is 4.79 Å². The Balaban J connectivity index is 2.23. The molecule has 2 aromatic rings. The maximum Gasteiger partial charge on any atom is 0.232 e. The van der Waals surface area contributed by atoms with E-state index in [4.69, 9.17) is 0 Å². The Bertz CT molecular complexity index is 595. The van der Waals surface area contributed by atoms with Gasteiger partial charge in [-0.15, -0.1) is 0 Å². The molecule has 0 fully saturated rings. The molecule has 1 N–H and O–H groups in total. The first kappa shape index (κ1) is 15.2. The van der Waals surface area contributed by atoms with E-state index in [2.05, 4.69) is 24.1 Å². The predicted molar refractivity (Wildman–Crippen MR) is 86.2 cm³/mol. The van der Waals surface area contributed by atoms with Gasteiger partial charge in [-0.3, -0.25) is 9.78 Å². The molecular formula is C18H22N2O. The molecule has 0 radical (unpaired) electrons. The quantitative estimate of drug-likeness (QED) is 0.894. The van der Waals surface area contributed by atoms with E-state index in [0.717, 1.165) is 23.4 Å². The van der Waals surface area contributed by atoms with E-state index in [0.29, 0.717) is 0 Å². The maximum absolute atomic E-state index is 12.7. The second-order valence-corrected chi connectivity index (χ2v) is 5.45. The Kier molecular flexibility index (Phi) is 5.09.